The van der Waals surface area contributed by atoms with Crippen LogP contribution in [0.3, 0.4) is 0 Å². The molecular formula is C14H14N3O+. The lowest BCUT2D eigenvalue weighted by Crippen LogP contribution is -2.33. The van der Waals surface area contributed by atoms with Crippen molar-refractivity contribution in [3.05, 3.63) is 54.6 Å². The maximum atomic E-state index is 5.15. The Hall–Kier alpha value is -2.36. The van der Waals surface area contributed by atoms with Gasteiger partial charge in [0.15, 0.2) is 18.9 Å². The highest BCUT2D eigenvalue weighted by Crippen LogP contribution is 2.11. The molecule has 0 aliphatic carbocycles. The van der Waals surface area contributed by atoms with E-state index in [1.165, 1.54) is 5.56 Å². The second-order valence-electron chi connectivity index (χ2n) is 4.17. The summed E-state index contributed by atoms with van der Waals surface area (Å²) in [7, 11) is 1.68. The number of hydrogen-bond acceptors (Lipinski definition) is 2. The van der Waals surface area contributed by atoms with Crippen molar-refractivity contribution in [2.45, 2.75) is 6.54 Å². The number of aromatic amines is 1. The normalized spacial score (nSPS) is 10.7. The van der Waals surface area contributed by atoms with Gasteiger partial charge in [0.05, 0.1) is 13.4 Å². The molecular weight excluding hydrogens is 226 g/mol. The molecule has 4 nitrogen and oxygen atoms in total. The molecule has 4 heteroatoms. The SMILES string of the molecule is COc1ccc(C[n+]2ccc3nc[nH]c3c2)cc1. The minimum absolute atomic E-state index is 0.832. The van der Waals surface area contributed by atoms with Gasteiger partial charge in [-0.1, -0.05) is 0 Å². The van der Waals surface area contributed by atoms with Crippen molar-refractivity contribution in [3.63, 3.8) is 0 Å². The Kier molecular flexibility index (Phi) is 2.68. The van der Waals surface area contributed by atoms with Crippen LogP contribution in [0.1, 0.15) is 5.56 Å². The van der Waals surface area contributed by atoms with Crippen molar-refractivity contribution in [2.75, 3.05) is 7.11 Å². The van der Waals surface area contributed by atoms with Gasteiger partial charge in [0.1, 0.15) is 16.8 Å². The first-order valence-electron chi connectivity index (χ1n) is 5.80. The van der Waals surface area contributed by atoms with Crippen molar-refractivity contribution < 1.29 is 9.30 Å². The summed E-state index contributed by atoms with van der Waals surface area (Å²) in [6.07, 6.45) is 5.81. The van der Waals surface area contributed by atoms with Crippen LogP contribution < -0.4 is 9.30 Å². The predicted molar refractivity (Wildman–Crippen MR) is 68.4 cm³/mol. The van der Waals surface area contributed by atoms with Crippen LogP contribution in [0.4, 0.5) is 0 Å². The highest BCUT2D eigenvalue weighted by atomic mass is 16.5. The summed E-state index contributed by atoms with van der Waals surface area (Å²) in [5.41, 5.74) is 3.27. The minimum Gasteiger partial charge on any atom is -0.497 e. The third-order valence-electron chi connectivity index (χ3n) is 2.94. The van der Waals surface area contributed by atoms with E-state index in [0.717, 1.165) is 23.3 Å². The molecule has 2 aromatic heterocycles. The van der Waals surface area contributed by atoms with Gasteiger partial charge in [-0.3, -0.25) is 0 Å². The van der Waals surface area contributed by atoms with Gasteiger partial charge in [0.25, 0.3) is 0 Å². The van der Waals surface area contributed by atoms with Crippen LogP contribution in [0, 0.1) is 0 Å². The molecule has 0 radical (unpaired) electrons. The number of hydrogen-bond donors (Lipinski definition) is 1. The van der Waals surface area contributed by atoms with Crippen LogP contribution in [-0.2, 0) is 6.54 Å². The molecule has 18 heavy (non-hydrogen) atoms. The Bertz CT molecular complexity index is 658. The summed E-state index contributed by atoms with van der Waals surface area (Å²) >= 11 is 0. The maximum absolute atomic E-state index is 5.15. The summed E-state index contributed by atoms with van der Waals surface area (Å²) in [6, 6.07) is 10.1. The lowest BCUT2D eigenvalue weighted by Gasteiger charge is -2.01. The van der Waals surface area contributed by atoms with E-state index in [1.54, 1.807) is 13.4 Å². The van der Waals surface area contributed by atoms with E-state index in [1.807, 2.05) is 24.4 Å². The van der Waals surface area contributed by atoms with Gasteiger partial charge in [0, 0.05) is 11.6 Å². The fourth-order valence-electron chi connectivity index (χ4n) is 1.97. The predicted octanol–water partition coefficient (Wildman–Crippen LogP) is 1.91. The minimum atomic E-state index is 0.832. The van der Waals surface area contributed by atoms with Crippen molar-refractivity contribution in [1.82, 2.24) is 9.97 Å². The van der Waals surface area contributed by atoms with E-state index >= 15 is 0 Å². The molecule has 0 fully saturated rings. The molecule has 0 spiro atoms. The molecule has 3 rings (SSSR count). The van der Waals surface area contributed by atoms with Gasteiger partial charge in [-0.25, -0.2) is 4.98 Å². The molecule has 0 saturated carbocycles. The van der Waals surface area contributed by atoms with E-state index < -0.39 is 0 Å². The molecule has 0 aliphatic rings. The molecule has 3 aromatic rings. The van der Waals surface area contributed by atoms with Gasteiger partial charge >= 0.3 is 0 Å². The monoisotopic (exact) mass is 240 g/mol. The van der Waals surface area contributed by atoms with Gasteiger partial charge in [-0.05, 0) is 24.3 Å². The molecule has 2 heterocycles. The Morgan fingerprint density at radius 3 is 2.83 bits per heavy atom. The number of nitrogens with one attached hydrogen (secondary N) is 1. The molecule has 1 N–H and O–H groups in total. The smallest absolute Gasteiger partial charge is 0.195 e. The average Bonchev–Trinajstić information content (AvgIpc) is 2.87. The highest BCUT2D eigenvalue weighted by Gasteiger charge is 2.06. The van der Waals surface area contributed by atoms with E-state index in [2.05, 4.69) is 32.9 Å². The molecule has 0 unspecified atom stereocenters. The highest BCUT2D eigenvalue weighted by molar-refractivity contribution is 5.71. The first-order valence-corrected chi connectivity index (χ1v) is 5.80. The molecule has 0 amide bonds. The zero-order valence-corrected chi connectivity index (χ0v) is 10.1. The van der Waals surface area contributed by atoms with Crippen LogP contribution in [0.5, 0.6) is 5.75 Å². The standard InChI is InChI=1S/C14H13N3O/c1-18-12-4-2-11(3-5-12)8-17-7-6-13-14(9-17)16-10-15-13/h2-7,9-10H,8H2,1H3/p+1. The molecule has 0 aliphatic heterocycles. The molecule has 0 atom stereocenters. The number of rotatable bonds is 3. The number of ether oxygens (including phenoxy) is 1. The number of methoxy groups -OCH3 is 1. The molecule has 90 valence electrons. The number of imidazole rings is 1. The summed E-state index contributed by atoms with van der Waals surface area (Å²) in [5, 5.41) is 0. The van der Waals surface area contributed by atoms with E-state index in [-0.39, 0.29) is 0 Å². The Balaban J connectivity index is 1.85. The third-order valence-corrected chi connectivity index (χ3v) is 2.94. The van der Waals surface area contributed by atoms with E-state index in [4.69, 9.17) is 4.74 Å². The first-order chi connectivity index (χ1) is 8.85. The van der Waals surface area contributed by atoms with Crippen molar-refractivity contribution in [2.24, 2.45) is 0 Å². The number of benzene rings is 1. The number of fused-ring (bicyclic) bond motifs is 1. The van der Waals surface area contributed by atoms with Crippen LogP contribution in [-0.4, -0.2) is 17.1 Å². The zero-order valence-electron chi connectivity index (χ0n) is 10.1. The zero-order chi connectivity index (χ0) is 12.4. The van der Waals surface area contributed by atoms with Crippen molar-refractivity contribution in [1.29, 1.82) is 0 Å². The molecule has 1 aromatic carbocycles. The van der Waals surface area contributed by atoms with Crippen molar-refractivity contribution in [3.8, 4) is 5.75 Å². The number of aromatic nitrogens is 3. The number of H-pyrrole nitrogens is 1. The molecule has 0 saturated heterocycles. The quantitative estimate of drug-likeness (QED) is 0.710. The Morgan fingerprint density at radius 2 is 2.06 bits per heavy atom. The Labute approximate surface area is 105 Å². The second kappa shape index (κ2) is 4.49. The van der Waals surface area contributed by atoms with E-state index in [9.17, 15) is 0 Å². The van der Waals surface area contributed by atoms with Crippen LogP contribution in [0.15, 0.2) is 49.1 Å². The van der Waals surface area contributed by atoms with Gasteiger partial charge in [-0.15, -0.1) is 0 Å². The molecule has 0 bridgehead atoms. The van der Waals surface area contributed by atoms with Gasteiger partial charge < -0.3 is 9.72 Å². The lowest BCUT2D eigenvalue weighted by atomic mass is 10.2. The fourth-order valence-corrected chi connectivity index (χ4v) is 1.97. The van der Waals surface area contributed by atoms with E-state index in [0.29, 0.717) is 0 Å². The van der Waals surface area contributed by atoms with Crippen LogP contribution in [0.2, 0.25) is 0 Å². The Morgan fingerprint density at radius 1 is 1.22 bits per heavy atom. The van der Waals surface area contributed by atoms with Crippen molar-refractivity contribution >= 4 is 11.0 Å². The fraction of sp³-hybridized carbons (Fsp3) is 0.143. The third kappa shape index (κ3) is 2.05. The number of pyridine rings is 1. The summed E-state index contributed by atoms with van der Waals surface area (Å²) < 4.78 is 7.27. The van der Waals surface area contributed by atoms with Gasteiger partial charge in [0.2, 0.25) is 0 Å². The first kappa shape index (κ1) is 10.8. The number of nitrogens with zero attached hydrogens (tertiary/aromatic N) is 2. The van der Waals surface area contributed by atoms with Crippen LogP contribution >= 0.6 is 0 Å². The maximum Gasteiger partial charge on any atom is 0.195 e. The summed E-state index contributed by atoms with van der Waals surface area (Å²) in [5.74, 6) is 0.882. The lowest BCUT2D eigenvalue weighted by molar-refractivity contribution is -0.687. The average molecular weight is 240 g/mol. The largest absolute Gasteiger partial charge is 0.497 e. The second-order valence-corrected chi connectivity index (χ2v) is 4.17. The van der Waals surface area contributed by atoms with Gasteiger partial charge in [-0.2, -0.15) is 4.57 Å². The van der Waals surface area contributed by atoms with Crippen LogP contribution in [0.25, 0.3) is 11.0 Å². The topological polar surface area (TPSA) is 41.8 Å². The summed E-state index contributed by atoms with van der Waals surface area (Å²) in [6.45, 7) is 0.832. The summed E-state index contributed by atoms with van der Waals surface area (Å²) in [4.78, 5) is 7.32.